The van der Waals surface area contributed by atoms with E-state index in [0.29, 0.717) is 17.2 Å². The molecule has 0 radical (unpaired) electrons. The van der Waals surface area contributed by atoms with Crippen LogP contribution in [0.2, 0.25) is 0 Å². The molecule has 0 amide bonds. The first-order valence-electron chi connectivity index (χ1n) is 3.20. The van der Waals surface area contributed by atoms with Crippen LogP contribution in [0.3, 0.4) is 0 Å². The molecule has 0 saturated heterocycles. The Bertz CT molecular complexity index is 140. The van der Waals surface area contributed by atoms with Gasteiger partial charge in [0.2, 0.25) is 0 Å². The zero-order valence-corrected chi connectivity index (χ0v) is 6.19. The average molecular weight is 127 g/mol. The number of nitrogens with one attached hydrogen (secondary N) is 1. The second kappa shape index (κ2) is 1.72. The molecule has 1 aliphatic carbocycles. The average Bonchev–Trinajstić information content (AvgIpc) is 2.38. The predicted molar refractivity (Wildman–Crippen MR) is 36.6 cm³/mol. The maximum absolute atomic E-state index is 7.29. The van der Waals surface area contributed by atoms with Gasteiger partial charge in [0.15, 0.2) is 5.90 Å². The Balaban J connectivity index is 2.42. The smallest absolute Gasteiger partial charge is 0.183 e. The number of methoxy groups -OCH3 is 1. The molecule has 9 heavy (non-hydrogen) atoms. The molecule has 0 spiro atoms. The summed E-state index contributed by atoms with van der Waals surface area (Å²) in [5.74, 6) is 0.836. The standard InChI is InChI=1S/C7H13NO/c1-7(2)4-5(7)6(8)9-3/h5,8H,4H2,1-3H3/t5-/m0/s1. The van der Waals surface area contributed by atoms with Crippen molar-refractivity contribution in [3.63, 3.8) is 0 Å². The van der Waals surface area contributed by atoms with Gasteiger partial charge in [0.25, 0.3) is 0 Å². The molecule has 52 valence electrons. The van der Waals surface area contributed by atoms with Gasteiger partial charge in [-0.2, -0.15) is 0 Å². The first kappa shape index (κ1) is 6.59. The van der Waals surface area contributed by atoms with E-state index in [2.05, 4.69) is 13.8 Å². The summed E-state index contributed by atoms with van der Waals surface area (Å²) in [4.78, 5) is 0. The van der Waals surface area contributed by atoms with E-state index in [1.165, 1.54) is 0 Å². The van der Waals surface area contributed by atoms with Crippen molar-refractivity contribution in [2.24, 2.45) is 11.3 Å². The van der Waals surface area contributed by atoms with Crippen LogP contribution in [0.15, 0.2) is 0 Å². The Kier molecular flexibility index (Phi) is 1.26. The molecule has 1 rings (SSSR count). The van der Waals surface area contributed by atoms with Gasteiger partial charge in [-0.25, -0.2) is 0 Å². The summed E-state index contributed by atoms with van der Waals surface area (Å²) in [6.07, 6.45) is 1.11. The lowest BCUT2D eigenvalue weighted by atomic mass is 10.1. The Morgan fingerprint density at radius 1 is 1.67 bits per heavy atom. The van der Waals surface area contributed by atoms with Crippen LogP contribution in [0, 0.1) is 16.7 Å². The molecule has 1 N–H and O–H groups in total. The van der Waals surface area contributed by atoms with Gasteiger partial charge in [-0.3, -0.25) is 5.41 Å². The lowest BCUT2D eigenvalue weighted by Crippen LogP contribution is -2.05. The van der Waals surface area contributed by atoms with Crippen LogP contribution in [0.5, 0.6) is 0 Å². The molecule has 0 bridgehead atoms. The van der Waals surface area contributed by atoms with Crippen LogP contribution < -0.4 is 0 Å². The van der Waals surface area contributed by atoms with Crippen molar-refractivity contribution in [1.29, 1.82) is 5.41 Å². The van der Waals surface area contributed by atoms with E-state index in [9.17, 15) is 0 Å². The second-order valence-corrected chi connectivity index (χ2v) is 3.31. The zero-order valence-electron chi connectivity index (χ0n) is 6.19. The highest BCUT2D eigenvalue weighted by Crippen LogP contribution is 2.52. The van der Waals surface area contributed by atoms with Crippen LogP contribution >= 0.6 is 0 Å². The predicted octanol–water partition coefficient (Wildman–Crippen LogP) is 1.66. The van der Waals surface area contributed by atoms with Crippen LogP contribution in [-0.4, -0.2) is 13.0 Å². The first-order valence-corrected chi connectivity index (χ1v) is 3.20. The molecule has 0 aromatic heterocycles. The van der Waals surface area contributed by atoms with E-state index >= 15 is 0 Å². The van der Waals surface area contributed by atoms with Crippen molar-refractivity contribution in [3.05, 3.63) is 0 Å². The number of rotatable bonds is 1. The van der Waals surface area contributed by atoms with E-state index in [0.717, 1.165) is 6.42 Å². The maximum Gasteiger partial charge on any atom is 0.183 e. The SMILES string of the molecule is COC(=N)[C@@H]1CC1(C)C. The minimum absolute atomic E-state index is 0.340. The minimum Gasteiger partial charge on any atom is -0.484 e. The molecule has 2 heteroatoms. The second-order valence-electron chi connectivity index (χ2n) is 3.31. The van der Waals surface area contributed by atoms with E-state index in [-0.39, 0.29) is 0 Å². The Morgan fingerprint density at radius 3 is 2.22 bits per heavy atom. The van der Waals surface area contributed by atoms with Crippen LogP contribution in [0.1, 0.15) is 20.3 Å². The van der Waals surface area contributed by atoms with Gasteiger partial charge in [-0.05, 0) is 11.8 Å². The van der Waals surface area contributed by atoms with Crippen LogP contribution in [0.25, 0.3) is 0 Å². The van der Waals surface area contributed by atoms with E-state index in [1.807, 2.05) is 0 Å². The summed E-state index contributed by atoms with van der Waals surface area (Å²) in [6.45, 7) is 4.32. The molecular formula is C7H13NO. The lowest BCUT2D eigenvalue weighted by Gasteiger charge is -2.02. The van der Waals surface area contributed by atoms with E-state index in [4.69, 9.17) is 10.1 Å². The summed E-state index contributed by atoms with van der Waals surface area (Å²) in [5.41, 5.74) is 0.340. The fourth-order valence-corrected chi connectivity index (χ4v) is 1.06. The van der Waals surface area contributed by atoms with Gasteiger partial charge in [0.1, 0.15) is 0 Å². The topological polar surface area (TPSA) is 33.1 Å². The highest BCUT2D eigenvalue weighted by atomic mass is 16.5. The molecule has 1 aliphatic rings. The number of ether oxygens (including phenoxy) is 1. The van der Waals surface area contributed by atoms with Crippen LogP contribution in [-0.2, 0) is 4.74 Å². The van der Waals surface area contributed by atoms with Crippen LogP contribution in [0.4, 0.5) is 0 Å². The maximum atomic E-state index is 7.29. The van der Waals surface area contributed by atoms with Gasteiger partial charge in [-0.1, -0.05) is 13.8 Å². The fourth-order valence-electron chi connectivity index (χ4n) is 1.06. The molecule has 0 unspecified atom stereocenters. The van der Waals surface area contributed by atoms with Crippen molar-refractivity contribution in [1.82, 2.24) is 0 Å². The van der Waals surface area contributed by atoms with E-state index in [1.54, 1.807) is 7.11 Å². The molecule has 0 heterocycles. The molecule has 0 aliphatic heterocycles. The molecule has 0 aromatic carbocycles. The zero-order chi connectivity index (χ0) is 7.07. The molecule has 1 saturated carbocycles. The van der Waals surface area contributed by atoms with Crippen molar-refractivity contribution < 1.29 is 4.74 Å². The van der Waals surface area contributed by atoms with Crippen molar-refractivity contribution >= 4 is 5.90 Å². The summed E-state index contributed by atoms with van der Waals surface area (Å²) < 4.78 is 4.79. The summed E-state index contributed by atoms with van der Waals surface area (Å²) >= 11 is 0. The summed E-state index contributed by atoms with van der Waals surface area (Å²) in [6, 6.07) is 0. The highest BCUT2D eigenvalue weighted by Gasteiger charge is 2.49. The molecule has 1 fully saturated rings. The van der Waals surface area contributed by atoms with Crippen molar-refractivity contribution in [3.8, 4) is 0 Å². The van der Waals surface area contributed by atoms with Gasteiger partial charge in [0.05, 0.1) is 7.11 Å². The minimum atomic E-state index is 0.340. The number of hydrogen-bond donors (Lipinski definition) is 1. The molecule has 1 atom stereocenters. The van der Waals surface area contributed by atoms with Gasteiger partial charge in [-0.15, -0.1) is 0 Å². The van der Waals surface area contributed by atoms with E-state index < -0.39 is 0 Å². The third-order valence-electron chi connectivity index (χ3n) is 2.05. The molecule has 0 aromatic rings. The Hall–Kier alpha value is -0.530. The quantitative estimate of drug-likeness (QED) is 0.421. The molecular weight excluding hydrogens is 114 g/mol. The van der Waals surface area contributed by atoms with Gasteiger partial charge < -0.3 is 4.74 Å². The fraction of sp³-hybridized carbons (Fsp3) is 0.857. The monoisotopic (exact) mass is 127 g/mol. The summed E-state index contributed by atoms with van der Waals surface area (Å²) in [7, 11) is 1.57. The van der Waals surface area contributed by atoms with Gasteiger partial charge in [0, 0.05) is 5.92 Å². The van der Waals surface area contributed by atoms with Gasteiger partial charge >= 0.3 is 0 Å². The third-order valence-corrected chi connectivity index (χ3v) is 2.05. The molecule has 2 nitrogen and oxygen atoms in total. The summed E-state index contributed by atoms with van der Waals surface area (Å²) in [5, 5.41) is 7.29. The Morgan fingerprint density at radius 2 is 2.11 bits per heavy atom. The Labute approximate surface area is 55.7 Å². The highest BCUT2D eigenvalue weighted by molar-refractivity contribution is 5.79. The van der Waals surface area contributed by atoms with Crippen molar-refractivity contribution in [2.75, 3.05) is 7.11 Å². The lowest BCUT2D eigenvalue weighted by molar-refractivity contribution is 0.373. The number of hydrogen-bond acceptors (Lipinski definition) is 2. The largest absolute Gasteiger partial charge is 0.484 e. The van der Waals surface area contributed by atoms with Crippen molar-refractivity contribution in [2.45, 2.75) is 20.3 Å². The third kappa shape index (κ3) is 1.07. The first-order chi connectivity index (χ1) is 4.08. The normalized spacial score (nSPS) is 29.4.